The Kier molecular flexibility index (Phi) is 7.22. The number of benzene rings is 2. The maximum absolute atomic E-state index is 12.2. The molecule has 2 aromatic carbocycles. The molecule has 4 nitrogen and oxygen atoms in total. The fourth-order valence-corrected chi connectivity index (χ4v) is 2.90. The number of ether oxygens (including phenoxy) is 1. The van der Waals surface area contributed by atoms with E-state index in [1.165, 1.54) is 16.7 Å². The van der Waals surface area contributed by atoms with Gasteiger partial charge in [0.15, 0.2) is 0 Å². The molecule has 0 aliphatic heterocycles. The monoisotopic (exact) mass is 354 g/mol. The van der Waals surface area contributed by atoms with Crippen LogP contribution in [0.25, 0.3) is 0 Å². The van der Waals surface area contributed by atoms with Crippen LogP contribution in [-0.2, 0) is 4.79 Å². The molecule has 4 heteroatoms. The zero-order valence-electron chi connectivity index (χ0n) is 16.5. The van der Waals surface area contributed by atoms with Crippen molar-refractivity contribution in [1.82, 2.24) is 10.2 Å². The van der Waals surface area contributed by atoms with Crippen LogP contribution in [0, 0.1) is 20.8 Å². The van der Waals surface area contributed by atoms with E-state index in [1.807, 2.05) is 33.2 Å². The molecule has 0 aromatic heterocycles. The van der Waals surface area contributed by atoms with Crippen LogP contribution in [0.2, 0.25) is 0 Å². The number of aryl methyl sites for hydroxylation is 3. The zero-order chi connectivity index (χ0) is 19.1. The molecule has 0 bridgehead atoms. The number of hydrogen-bond acceptors (Lipinski definition) is 3. The molecule has 2 rings (SSSR count). The lowest BCUT2D eigenvalue weighted by molar-refractivity contribution is -0.121. The summed E-state index contributed by atoms with van der Waals surface area (Å²) in [6.45, 7) is 7.11. The number of likely N-dealkylation sites (N-methyl/N-ethyl adjacent to an activating group) is 1. The third-order valence-electron chi connectivity index (χ3n) is 4.50. The molecule has 0 aliphatic rings. The van der Waals surface area contributed by atoms with Gasteiger partial charge in [-0.1, -0.05) is 47.5 Å². The molecule has 0 fully saturated rings. The van der Waals surface area contributed by atoms with E-state index in [1.54, 1.807) is 0 Å². The summed E-state index contributed by atoms with van der Waals surface area (Å²) in [6, 6.07) is 14.7. The normalized spacial score (nSPS) is 12.1. The van der Waals surface area contributed by atoms with Crippen molar-refractivity contribution in [2.24, 2.45) is 0 Å². The summed E-state index contributed by atoms with van der Waals surface area (Å²) in [5.74, 6) is 0.850. The molecule has 26 heavy (non-hydrogen) atoms. The summed E-state index contributed by atoms with van der Waals surface area (Å²) in [6.07, 6.45) is 0.349. The minimum atomic E-state index is 0.00808. The number of rotatable bonds is 8. The van der Waals surface area contributed by atoms with Gasteiger partial charge in [-0.15, -0.1) is 0 Å². The highest BCUT2D eigenvalue weighted by molar-refractivity contribution is 5.76. The van der Waals surface area contributed by atoms with Gasteiger partial charge < -0.3 is 15.0 Å². The van der Waals surface area contributed by atoms with Crippen LogP contribution < -0.4 is 10.1 Å². The molecule has 1 unspecified atom stereocenters. The summed E-state index contributed by atoms with van der Waals surface area (Å²) < 4.78 is 5.74. The molecule has 0 radical (unpaired) electrons. The number of carbonyl (C=O) groups excluding carboxylic acids is 1. The van der Waals surface area contributed by atoms with Crippen LogP contribution in [-0.4, -0.2) is 38.1 Å². The number of nitrogens with one attached hydrogen (secondary N) is 1. The van der Waals surface area contributed by atoms with Crippen LogP contribution in [0.3, 0.4) is 0 Å². The van der Waals surface area contributed by atoms with E-state index in [4.69, 9.17) is 4.74 Å². The molecule has 0 saturated carbocycles. The Morgan fingerprint density at radius 1 is 1.04 bits per heavy atom. The Bertz CT molecular complexity index is 723. The van der Waals surface area contributed by atoms with Gasteiger partial charge in [0.1, 0.15) is 5.75 Å². The molecule has 2 aromatic rings. The zero-order valence-corrected chi connectivity index (χ0v) is 16.5. The Morgan fingerprint density at radius 2 is 1.69 bits per heavy atom. The summed E-state index contributed by atoms with van der Waals surface area (Å²) in [4.78, 5) is 14.3. The second kappa shape index (κ2) is 9.39. The first-order chi connectivity index (χ1) is 12.4. The SMILES string of the molecule is Cc1ccc(C(CNC(=O)CCOc2ccc(C)cc2C)N(C)C)cc1. The van der Waals surface area contributed by atoms with Crippen LogP contribution >= 0.6 is 0 Å². The number of hydrogen-bond donors (Lipinski definition) is 1. The molecule has 1 amide bonds. The Labute approximate surface area is 157 Å². The van der Waals surface area contributed by atoms with Crippen molar-refractivity contribution in [3.8, 4) is 5.75 Å². The molecular formula is C22H30N2O2. The fourth-order valence-electron chi connectivity index (χ4n) is 2.90. The van der Waals surface area contributed by atoms with Gasteiger partial charge in [-0.3, -0.25) is 4.79 Å². The van der Waals surface area contributed by atoms with Gasteiger partial charge in [0.25, 0.3) is 0 Å². The molecule has 0 heterocycles. The third-order valence-corrected chi connectivity index (χ3v) is 4.50. The summed E-state index contributed by atoms with van der Waals surface area (Å²) >= 11 is 0. The Balaban J connectivity index is 1.81. The highest BCUT2D eigenvalue weighted by Crippen LogP contribution is 2.19. The van der Waals surface area contributed by atoms with E-state index < -0.39 is 0 Å². The van der Waals surface area contributed by atoms with Crippen LogP contribution in [0.15, 0.2) is 42.5 Å². The molecule has 1 atom stereocenters. The second-order valence-electron chi connectivity index (χ2n) is 7.06. The average molecular weight is 354 g/mol. The largest absolute Gasteiger partial charge is 0.493 e. The summed E-state index contributed by atoms with van der Waals surface area (Å²) in [7, 11) is 4.06. The molecule has 0 saturated heterocycles. The standard InChI is InChI=1S/C22H30N2O2/c1-16-6-9-19(10-7-16)20(24(4)5)15-23-22(25)12-13-26-21-11-8-17(2)14-18(21)3/h6-11,14,20H,12-13,15H2,1-5H3,(H,23,25). The third kappa shape index (κ3) is 5.88. The smallest absolute Gasteiger partial charge is 0.223 e. The lowest BCUT2D eigenvalue weighted by atomic mass is 10.0. The maximum atomic E-state index is 12.2. The Morgan fingerprint density at radius 3 is 2.31 bits per heavy atom. The number of nitrogens with zero attached hydrogens (tertiary/aromatic N) is 1. The molecule has 140 valence electrons. The van der Waals surface area contributed by atoms with Crippen molar-refractivity contribution in [3.63, 3.8) is 0 Å². The van der Waals surface area contributed by atoms with Crippen molar-refractivity contribution >= 4 is 5.91 Å². The number of carbonyl (C=O) groups is 1. The molecule has 1 N–H and O–H groups in total. The van der Waals surface area contributed by atoms with Crippen LogP contribution in [0.1, 0.15) is 34.7 Å². The minimum absolute atomic E-state index is 0.00808. The van der Waals surface area contributed by atoms with Gasteiger partial charge >= 0.3 is 0 Å². The lowest BCUT2D eigenvalue weighted by Gasteiger charge is -2.25. The van der Waals surface area contributed by atoms with E-state index in [2.05, 4.69) is 54.4 Å². The van der Waals surface area contributed by atoms with Crippen molar-refractivity contribution in [1.29, 1.82) is 0 Å². The van der Waals surface area contributed by atoms with E-state index >= 15 is 0 Å². The number of amides is 1. The average Bonchev–Trinajstić information content (AvgIpc) is 2.58. The van der Waals surface area contributed by atoms with Crippen LogP contribution in [0.4, 0.5) is 0 Å². The first kappa shape index (κ1) is 20.0. The van der Waals surface area contributed by atoms with Crippen LogP contribution in [0.5, 0.6) is 5.75 Å². The highest BCUT2D eigenvalue weighted by atomic mass is 16.5. The molecule has 0 spiro atoms. The quantitative estimate of drug-likeness (QED) is 0.784. The van der Waals surface area contributed by atoms with E-state index in [0.29, 0.717) is 19.6 Å². The predicted octanol–water partition coefficient (Wildman–Crippen LogP) is 3.80. The van der Waals surface area contributed by atoms with E-state index in [0.717, 1.165) is 11.3 Å². The first-order valence-electron chi connectivity index (χ1n) is 9.06. The van der Waals surface area contributed by atoms with Gasteiger partial charge in [-0.05, 0) is 52.1 Å². The summed E-state index contributed by atoms with van der Waals surface area (Å²) in [5.41, 5.74) is 4.74. The first-order valence-corrected chi connectivity index (χ1v) is 9.06. The Hall–Kier alpha value is -2.33. The van der Waals surface area contributed by atoms with Gasteiger partial charge in [-0.2, -0.15) is 0 Å². The molecular weight excluding hydrogens is 324 g/mol. The second-order valence-corrected chi connectivity index (χ2v) is 7.06. The predicted molar refractivity (Wildman–Crippen MR) is 107 cm³/mol. The topological polar surface area (TPSA) is 41.6 Å². The van der Waals surface area contributed by atoms with Gasteiger partial charge in [0, 0.05) is 6.54 Å². The van der Waals surface area contributed by atoms with E-state index in [-0.39, 0.29) is 11.9 Å². The molecule has 0 aliphatic carbocycles. The van der Waals surface area contributed by atoms with Gasteiger partial charge in [0.05, 0.1) is 19.1 Å². The van der Waals surface area contributed by atoms with Gasteiger partial charge in [-0.25, -0.2) is 0 Å². The van der Waals surface area contributed by atoms with E-state index in [9.17, 15) is 4.79 Å². The van der Waals surface area contributed by atoms with Gasteiger partial charge in [0.2, 0.25) is 5.91 Å². The van der Waals surface area contributed by atoms with Crippen molar-refractivity contribution in [3.05, 3.63) is 64.7 Å². The maximum Gasteiger partial charge on any atom is 0.223 e. The van der Waals surface area contributed by atoms with Crippen molar-refractivity contribution in [2.75, 3.05) is 27.2 Å². The minimum Gasteiger partial charge on any atom is -0.493 e. The van der Waals surface area contributed by atoms with Crippen molar-refractivity contribution < 1.29 is 9.53 Å². The summed E-state index contributed by atoms with van der Waals surface area (Å²) in [5, 5.41) is 3.03. The fraction of sp³-hybridized carbons (Fsp3) is 0.409. The lowest BCUT2D eigenvalue weighted by Crippen LogP contribution is -2.35. The van der Waals surface area contributed by atoms with Crippen molar-refractivity contribution in [2.45, 2.75) is 33.2 Å². The highest BCUT2D eigenvalue weighted by Gasteiger charge is 2.15.